The van der Waals surface area contributed by atoms with Gasteiger partial charge in [0.25, 0.3) is 11.8 Å². The Hall–Kier alpha value is -2.89. The fourth-order valence-corrected chi connectivity index (χ4v) is 2.77. The standard InChI is InChI=1S/C18H19N3O3/c1-13(22)15-11-16(19-12-15)18(24)21-9-7-20(8-10-21)17(23)14-5-3-2-4-6-14/h2-6,11-12,19H,7-10H2,1H3. The minimum absolute atomic E-state index is 0.0126. The number of amides is 2. The third kappa shape index (κ3) is 3.22. The molecule has 0 atom stereocenters. The van der Waals surface area contributed by atoms with Gasteiger partial charge in [-0.2, -0.15) is 0 Å². The summed E-state index contributed by atoms with van der Waals surface area (Å²) < 4.78 is 0. The minimum Gasteiger partial charge on any atom is -0.356 e. The van der Waals surface area contributed by atoms with Gasteiger partial charge < -0.3 is 14.8 Å². The Labute approximate surface area is 140 Å². The van der Waals surface area contributed by atoms with E-state index in [0.717, 1.165) is 0 Å². The summed E-state index contributed by atoms with van der Waals surface area (Å²) in [6, 6.07) is 10.7. The Morgan fingerprint density at radius 1 is 0.875 bits per heavy atom. The number of benzene rings is 1. The van der Waals surface area contributed by atoms with Crippen LogP contribution in [-0.4, -0.2) is 58.6 Å². The van der Waals surface area contributed by atoms with Gasteiger partial charge in [0.2, 0.25) is 0 Å². The maximum Gasteiger partial charge on any atom is 0.270 e. The minimum atomic E-state index is -0.144. The molecule has 0 spiro atoms. The summed E-state index contributed by atoms with van der Waals surface area (Å²) in [7, 11) is 0. The van der Waals surface area contributed by atoms with Crippen molar-refractivity contribution in [2.45, 2.75) is 6.92 Å². The second-order valence-electron chi connectivity index (χ2n) is 5.81. The number of aromatic amines is 1. The number of Topliss-reactive ketones (excluding diaryl/α,β-unsaturated/α-hetero) is 1. The molecule has 1 aliphatic heterocycles. The van der Waals surface area contributed by atoms with Crippen LogP contribution in [0, 0.1) is 0 Å². The number of ketones is 1. The van der Waals surface area contributed by atoms with Crippen LogP contribution in [0.2, 0.25) is 0 Å². The quantitative estimate of drug-likeness (QED) is 0.875. The first kappa shape index (κ1) is 16.0. The third-order valence-electron chi connectivity index (χ3n) is 4.19. The zero-order valence-corrected chi connectivity index (χ0v) is 13.5. The van der Waals surface area contributed by atoms with Gasteiger partial charge in [0.05, 0.1) is 0 Å². The summed E-state index contributed by atoms with van der Waals surface area (Å²) in [6.45, 7) is 3.42. The molecule has 0 bridgehead atoms. The molecule has 6 heteroatoms. The molecule has 1 N–H and O–H groups in total. The van der Waals surface area contributed by atoms with Crippen molar-refractivity contribution < 1.29 is 14.4 Å². The molecule has 3 rings (SSSR count). The van der Waals surface area contributed by atoms with Crippen molar-refractivity contribution in [2.75, 3.05) is 26.2 Å². The van der Waals surface area contributed by atoms with Crippen LogP contribution < -0.4 is 0 Å². The monoisotopic (exact) mass is 325 g/mol. The molecule has 124 valence electrons. The van der Waals surface area contributed by atoms with Crippen molar-refractivity contribution in [3.8, 4) is 0 Å². The lowest BCUT2D eigenvalue weighted by Gasteiger charge is -2.34. The number of H-pyrrole nitrogens is 1. The zero-order valence-electron chi connectivity index (χ0n) is 13.5. The number of hydrogen-bond donors (Lipinski definition) is 1. The number of hydrogen-bond acceptors (Lipinski definition) is 3. The van der Waals surface area contributed by atoms with Crippen molar-refractivity contribution >= 4 is 17.6 Å². The first-order valence-corrected chi connectivity index (χ1v) is 7.89. The molecule has 0 radical (unpaired) electrons. The first-order valence-electron chi connectivity index (χ1n) is 7.89. The second-order valence-corrected chi connectivity index (χ2v) is 5.81. The molecule has 0 aliphatic carbocycles. The van der Waals surface area contributed by atoms with E-state index in [1.807, 2.05) is 18.2 Å². The van der Waals surface area contributed by atoms with Crippen LogP contribution in [0.25, 0.3) is 0 Å². The molecule has 2 amide bonds. The smallest absolute Gasteiger partial charge is 0.270 e. The van der Waals surface area contributed by atoms with Gasteiger partial charge in [-0.05, 0) is 25.1 Å². The van der Waals surface area contributed by atoms with E-state index in [1.165, 1.54) is 6.92 Å². The topological polar surface area (TPSA) is 73.5 Å². The van der Waals surface area contributed by atoms with Crippen molar-refractivity contribution in [1.82, 2.24) is 14.8 Å². The van der Waals surface area contributed by atoms with E-state index >= 15 is 0 Å². The fraction of sp³-hybridized carbons (Fsp3) is 0.278. The van der Waals surface area contributed by atoms with Gasteiger partial charge >= 0.3 is 0 Å². The molecule has 0 saturated carbocycles. The highest BCUT2D eigenvalue weighted by molar-refractivity contribution is 5.99. The summed E-state index contributed by atoms with van der Waals surface area (Å²) in [5.41, 5.74) is 1.56. The molecule has 0 unspecified atom stereocenters. The van der Waals surface area contributed by atoms with Gasteiger partial charge in [-0.25, -0.2) is 0 Å². The number of piperazine rings is 1. The average Bonchev–Trinajstić information content (AvgIpc) is 3.12. The van der Waals surface area contributed by atoms with Crippen molar-refractivity contribution in [3.05, 3.63) is 59.4 Å². The van der Waals surface area contributed by atoms with Crippen molar-refractivity contribution in [2.24, 2.45) is 0 Å². The lowest BCUT2D eigenvalue weighted by atomic mass is 10.1. The highest BCUT2D eigenvalue weighted by Crippen LogP contribution is 2.12. The van der Waals surface area contributed by atoms with E-state index in [0.29, 0.717) is 43.0 Å². The first-order chi connectivity index (χ1) is 11.6. The Bertz CT molecular complexity index is 759. The molecule has 2 aromatic rings. The number of carbonyl (C=O) groups is 3. The van der Waals surface area contributed by atoms with Crippen molar-refractivity contribution in [3.63, 3.8) is 0 Å². The lowest BCUT2D eigenvalue weighted by Crippen LogP contribution is -2.50. The molecule has 1 saturated heterocycles. The van der Waals surface area contributed by atoms with Crippen molar-refractivity contribution in [1.29, 1.82) is 0 Å². The van der Waals surface area contributed by atoms with Gasteiger partial charge in [0.1, 0.15) is 5.69 Å². The van der Waals surface area contributed by atoms with Crippen LogP contribution in [0.5, 0.6) is 0 Å². The fourth-order valence-electron chi connectivity index (χ4n) is 2.77. The lowest BCUT2D eigenvalue weighted by molar-refractivity contribution is 0.0532. The number of nitrogens with one attached hydrogen (secondary N) is 1. The van der Waals surface area contributed by atoms with Gasteiger partial charge in [0, 0.05) is 43.5 Å². The van der Waals surface area contributed by atoms with E-state index in [2.05, 4.69) is 4.98 Å². The Balaban J connectivity index is 1.61. The van der Waals surface area contributed by atoms with Gasteiger partial charge in [-0.3, -0.25) is 14.4 Å². The average molecular weight is 325 g/mol. The molecule has 2 heterocycles. The molecule has 1 aromatic carbocycles. The van der Waals surface area contributed by atoms with Crippen LogP contribution in [0.4, 0.5) is 0 Å². The largest absolute Gasteiger partial charge is 0.356 e. The number of aromatic nitrogens is 1. The molecule has 1 aliphatic rings. The zero-order chi connectivity index (χ0) is 17.1. The predicted molar refractivity (Wildman–Crippen MR) is 89.0 cm³/mol. The Morgan fingerprint density at radius 3 is 2.00 bits per heavy atom. The van der Waals surface area contributed by atoms with Gasteiger partial charge in [-0.1, -0.05) is 18.2 Å². The highest BCUT2D eigenvalue weighted by Gasteiger charge is 2.26. The van der Waals surface area contributed by atoms with E-state index in [1.54, 1.807) is 34.2 Å². The summed E-state index contributed by atoms with van der Waals surface area (Å²) in [6.07, 6.45) is 1.55. The van der Waals surface area contributed by atoms with Crippen LogP contribution in [0.3, 0.4) is 0 Å². The van der Waals surface area contributed by atoms with Crippen LogP contribution in [0.15, 0.2) is 42.6 Å². The summed E-state index contributed by atoms with van der Waals surface area (Å²) in [5.74, 6) is -0.237. The third-order valence-corrected chi connectivity index (χ3v) is 4.19. The molecule has 24 heavy (non-hydrogen) atoms. The van der Waals surface area contributed by atoms with Crippen LogP contribution in [-0.2, 0) is 0 Å². The predicted octanol–water partition coefficient (Wildman–Crippen LogP) is 1.82. The normalized spacial score (nSPS) is 14.5. The maximum absolute atomic E-state index is 12.5. The van der Waals surface area contributed by atoms with Gasteiger partial charge in [-0.15, -0.1) is 0 Å². The molecular weight excluding hydrogens is 306 g/mol. The Morgan fingerprint density at radius 2 is 1.46 bits per heavy atom. The SMILES string of the molecule is CC(=O)c1c[nH]c(C(=O)N2CCN(C(=O)c3ccccc3)CC2)c1. The summed E-state index contributed by atoms with van der Waals surface area (Å²) >= 11 is 0. The second kappa shape index (κ2) is 6.70. The van der Waals surface area contributed by atoms with E-state index in [-0.39, 0.29) is 17.6 Å². The number of nitrogens with zero attached hydrogens (tertiary/aromatic N) is 2. The molecular formula is C18H19N3O3. The molecule has 1 aromatic heterocycles. The summed E-state index contributed by atoms with van der Waals surface area (Å²) in [4.78, 5) is 42.5. The molecule has 1 fully saturated rings. The highest BCUT2D eigenvalue weighted by atomic mass is 16.2. The maximum atomic E-state index is 12.5. The number of rotatable bonds is 3. The summed E-state index contributed by atoms with van der Waals surface area (Å²) in [5, 5.41) is 0. The molecule has 6 nitrogen and oxygen atoms in total. The van der Waals surface area contributed by atoms with Crippen LogP contribution >= 0.6 is 0 Å². The van der Waals surface area contributed by atoms with E-state index in [9.17, 15) is 14.4 Å². The van der Waals surface area contributed by atoms with Crippen LogP contribution in [0.1, 0.15) is 38.1 Å². The van der Waals surface area contributed by atoms with E-state index < -0.39 is 0 Å². The van der Waals surface area contributed by atoms with E-state index in [4.69, 9.17) is 0 Å². The number of carbonyl (C=O) groups excluding carboxylic acids is 3. The van der Waals surface area contributed by atoms with Gasteiger partial charge in [0.15, 0.2) is 5.78 Å². The Kier molecular flexibility index (Phi) is 4.46.